The number of hydrogen-bond acceptors (Lipinski definition) is 4. The van der Waals surface area contributed by atoms with Gasteiger partial charge in [0.05, 0.1) is 19.2 Å². The van der Waals surface area contributed by atoms with Gasteiger partial charge >= 0.3 is 5.97 Å². The summed E-state index contributed by atoms with van der Waals surface area (Å²) in [5.74, 6) is -0.239. The van der Waals surface area contributed by atoms with Gasteiger partial charge < -0.3 is 9.30 Å². The first-order valence-electron chi connectivity index (χ1n) is 5.34. The second-order valence-electron chi connectivity index (χ2n) is 3.48. The summed E-state index contributed by atoms with van der Waals surface area (Å²) >= 11 is 0. The minimum atomic E-state index is -0.239. The molecule has 0 bridgehead atoms. The Hall–Kier alpha value is -2.29. The molecule has 0 aliphatic carbocycles. The average Bonchev–Trinajstić information content (AvgIpc) is 2.88. The highest BCUT2D eigenvalue weighted by Gasteiger charge is 2.10. The van der Waals surface area contributed by atoms with Crippen LogP contribution < -0.4 is 0 Å². The molecule has 0 fully saturated rings. The van der Waals surface area contributed by atoms with Crippen LogP contribution in [0, 0.1) is 11.3 Å². The highest BCUT2D eigenvalue weighted by molar-refractivity contribution is 5.69. The summed E-state index contributed by atoms with van der Waals surface area (Å²) in [5, 5.41) is 13.0. The molecule has 0 aliphatic rings. The lowest BCUT2D eigenvalue weighted by Gasteiger charge is -2.03. The molecule has 88 valence electrons. The van der Waals surface area contributed by atoms with Crippen LogP contribution in [0.15, 0.2) is 18.6 Å². The SMILES string of the molecule is CCOC(=O)CCn1ccn2ncc(C#N)c12. The third-order valence-electron chi connectivity index (χ3n) is 2.41. The van der Waals surface area contributed by atoms with E-state index in [9.17, 15) is 4.79 Å². The Balaban J connectivity index is 2.16. The summed E-state index contributed by atoms with van der Waals surface area (Å²) in [6.07, 6.45) is 5.34. The van der Waals surface area contributed by atoms with Crippen LogP contribution in [0.3, 0.4) is 0 Å². The summed E-state index contributed by atoms with van der Waals surface area (Å²) in [4.78, 5) is 11.2. The van der Waals surface area contributed by atoms with Crippen LogP contribution in [0.25, 0.3) is 5.65 Å². The number of nitrogens with zero attached hydrogens (tertiary/aromatic N) is 4. The number of ether oxygens (including phenoxy) is 1. The number of carbonyl (C=O) groups excluding carboxylic acids is 1. The molecule has 0 saturated carbocycles. The van der Waals surface area contributed by atoms with Gasteiger partial charge in [-0.15, -0.1) is 0 Å². The lowest BCUT2D eigenvalue weighted by atomic mass is 10.3. The van der Waals surface area contributed by atoms with Crippen molar-refractivity contribution in [2.45, 2.75) is 19.9 Å². The summed E-state index contributed by atoms with van der Waals surface area (Å²) in [7, 11) is 0. The van der Waals surface area contributed by atoms with E-state index in [0.29, 0.717) is 24.4 Å². The maximum Gasteiger partial charge on any atom is 0.307 e. The van der Waals surface area contributed by atoms with E-state index in [0.717, 1.165) is 0 Å². The molecule has 0 atom stereocenters. The number of nitriles is 1. The first-order chi connectivity index (χ1) is 8.26. The van der Waals surface area contributed by atoms with E-state index in [-0.39, 0.29) is 12.4 Å². The summed E-state index contributed by atoms with van der Waals surface area (Å²) in [6, 6.07) is 2.07. The molecule has 0 unspecified atom stereocenters. The average molecular weight is 232 g/mol. The number of hydrogen-bond donors (Lipinski definition) is 0. The molecular formula is C11H12N4O2. The molecule has 0 amide bonds. The zero-order valence-electron chi connectivity index (χ0n) is 9.46. The second-order valence-corrected chi connectivity index (χ2v) is 3.48. The fraction of sp³-hybridized carbons (Fsp3) is 0.364. The van der Waals surface area contributed by atoms with Crippen LogP contribution in [0.5, 0.6) is 0 Å². The third kappa shape index (κ3) is 2.13. The number of imidazole rings is 1. The predicted molar refractivity (Wildman–Crippen MR) is 59.1 cm³/mol. The van der Waals surface area contributed by atoms with Crippen molar-refractivity contribution < 1.29 is 9.53 Å². The highest BCUT2D eigenvalue weighted by atomic mass is 16.5. The molecule has 2 rings (SSSR count). The van der Waals surface area contributed by atoms with Crippen molar-refractivity contribution in [2.75, 3.05) is 6.61 Å². The molecular weight excluding hydrogens is 220 g/mol. The lowest BCUT2D eigenvalue weighted by molar-refractivity contribution is -0.143. The number of carbonyl (C=O) groups is 1. The van der Waals surface area contributed by atoms with E-state index in [2.05, 4.69) is 11.2 Å². The summed E-state index contributed by atoms with van der Waals surface area (Å²) < 4.78 is 8.29. The van der Waals surface area contributed by atoms with Crippen LogP contribution in [0.1, 0.15) is 18.9 Å². The van der Waals surface area contributed by atoms with Crippen LogP contribution in [0.4, 0.5) is 0 Å². The van der Waals surface area contributed by atoms with Crippen molar-refractivity contribution >= 4 is 11.6 Å². The van der Waals surface area contributed by atoms with E-state index < -0.39 is 0 Å². The Labute approximate surface area is 98.0 Å². The van der Waals surface area contributed by atoms with Gasteiger partial charge in [0.2, 0.25) is 0 Å². The van der Waals surface area contributed by atoms with Crippen LogP contribution in [0.2, 0.25) is 0 Å². The van der Waals surface area contributed by atoms with E-state index in [4.69, 9.17) is 10.00 Å². The number of aromatic nitrogens is 3. The van der Waals surface area contributed by atoms with Gasteiger partial charge in [-0.1, -0.05) is 0 Å². The van der Waals surface area contributed by atoms with Crippen molar-refractivity contribution in [2.24, 2.45) is 0 Å². The Morgan fingerprint density at radius 2 is 2.41 bits per heavy atom. The predicted octanol–water partition coefficient (Wildman–Crippen LogP) is 0.961. The highest BCUT2D eigenvalue weighted by Crippen LogP contribution is 2.11. The third-order valence-corrected chi connectivity index (χ3v) is 2.41. The molecule has 2 aromatic rings. The molecule has 0 radical (unpaired) electrons. The largest absolute Gasteiger partial charge is 0.466 e. The van der Waals surface area contributed by atoms with Gasteiger partial charge in [-0.3, -0.25) is 4.79 Å². The molecule has 2 heterocycles. The van der Waals surface area contributed by atoms with Gasteiger partial charge in [0.1, 0.15) is 11.6 Å². The minimum Gasteiger partial charge on any atom is -0.466 e. The Kier molecular flexibility index (Phi) is 3.10. The second kappa shape index (κ2) is 4.70. The van der Waals surface area contributed by atoms with Gasteiger partial charge in [-0.05, 0) is 6.92 Å². The molecule has 0 N–H and O–H groups in total. The molecule has 0 saturated heterocycles. The van der Waals surface area contributed by atoms with Gasteiger partial charge in [0.25, 0.3) is 0 Å². The lowest BCUT2D eigenvalue weighted by Crippen LogP contribution is -2.08. The quantitative estimate of drug-likeness (QED) is 0.736. The fourth-order valence-electron chi connectivity index (χ4n) is 1.67. The van der Waals surface area contributed by atoms with E-state index in [1.807, 2.05) is 4.57 Å². The van der Waals surface area contributed by atoms with Crippen LogP contribution in [-0.2, 0) is 16.1 Å². The number of rotatable bonds is 4. The smallest absolute Gasteiger partial charge is 0.307 e. The molecule has 6 heteroatoms. The number of fused-ring (bicyclic) bond motifs is 1. The van der Waals surface area contributed by atoms with Gasteiger partial charge in [0.15, 0.2) is 5.65 Å². The number of aryl methyl sites for hydroxylation is 1. The zero-order valence-corrected chi connectivity index (χ0v) is 9.46. The van der Waals surface area contributed by atoms with Gasteiger partial charge in [0, 0.05) is 18.9 Å². The normalized spacial score (nSPS) is 10.4. The van der Waals surface area contributed by atoms with Crippen molar-refractivity contribution in [3.63, 3.8) is 0 Å². The van der Waals surface area contributed by atoms with Crippen molar-refractivity contribution in [1.82, 2.24) is 14.2 Å². The van der Waals surface area contributed by atoms with Crippen molar-refractivity contribution in [3.8, 4) is 6.07 Å². The molecule has 2 aromatic heterocycles. The maximum absolute atomic E-state index is 11.2. The van der Waals surface area contributed by atoms with Crippen molar-refractivity contribution in [1.29, 1.82) is 5.26 Å². The van der Waals surface area contributed by atoms with Gasteiger partial charge in [-0.25, -0.2) is 4.52 Å². The first-order valence-corrected chi connectivity index (χ1v) is 5.34. The van der Waals surface area contributed by atoms with E-state index in [1.165, 1.54) is 6.20 Å². The molecule has 6 nitrogen and oxygen atoms in total. The van der Waals surface area contributed by atoms with Crippen molar-refractivity contribution in [3.05, 3.63) is 24.2 Å². The minimum absolute atomic E-state index is 0.239. The van der Waals surface area contributed by atoms with Crippen LogP contribution in [-0.4, -0.2) is 26.8 Å². The van der Waals surface area contributed by atoms with E-state index in [1.54, 1.807) is 23.8 Å². The molecule has 0 aromatic carbocycles. The summed E-state index contributed by atoms with van der Waals surface area (Å²) in [6.45, 7) is 2.64. The standard InChI is InChI=1S/C11H12N4O2/c1-2-17-10(16)3-4-14-5-6-15-11(14)9(7-12)8-13-15/h5-6,8H,2-4H2,1H3. The number of esters is 1. The van der Waals surface area contributed by atoms with Gasteiger partial charge in [-0.2, -0.15) is 10.4 Å². The maximum atomic E-state index is 11.2. The van der Waals surface area contributed by atoms with Crippen LogP contribution >= 0.6 is 0 Å². The Bertz CT molecular complexity index is 576. The monoisotopic (exact) mass is 232 g/mol. The zero-order chi connectivity index (χ0) is 12.3. The Morgan fingerprint density at radius 3 is 3.12 bits per heavy atom. The topological polar surface area (TPSA) is 72.3 Å². The molecule has 0 aliphatic heterocycles. The Morgan fingerprint density at radius 1 is 1.59 bits per heavy atom. The summed E-state index contributed by atoms with van der Waals surface area (Å²) in [5.41, 5.74) is 1.20. The molecule has 17 heavy (non-hydrogen) atoms. The molecule has 0 spiro atoms. The fourth-order valence-corrected chi connectivity index (χ4v) is 1.67. The van der Waals surface area contributed by atoms with E-state index >= 15 is 0 Å². The first kappa shape index (κ1) is 11.2.